The van der Waals surface area contributed by atoms with Crippen molar-refractivity contribution in [2.75, 3.05) is 7.11 Å². The Morgan fingerprint density at radius 2 is 1.55 bits per heavy atom. The van der Waals surface area contributed by atoms with Crippen LogP contribution in [0.1, 0.15) is 91.0 Å². The lowest BCUT2D eigenvalue weighted by molar-refractivity contribution is 0.0990. The summed E-state index contributed by atoms with van der Waals surface area (Å²) < 4.78 is 5.36. The molecular formula is C26H43N3OS. The smallest absolute Gasteiger partial charge is 0.169 e. The van der Waals surface area contributed by atoms with E-state index in [1.54, 1.807) is 7.11 Å². The van der Waals surface area contributed by atoms with E-state index in [9.17, 15) is 0 Å². The molecular weight excluding hydrogens is 402 g/mol. The molecule has 174 valence electrons. The number of hydrogen-bond donors (Lipinski definition) is 2. The largest absolute Gasteiger partial charge is 0.497 e. The van der Waals surface area contributed by atoms with Crippen molar-refractivity contribution in [3.63, 3.8) is 0 Å². The number of thiocarbonyl (C=S) groups is 1. The first kappa shape index (κ1) is 24.3. The molecule has 2 aliphatic rings. The molecule has 0 amide bonds. The van der Waals surface area contributed by atoms with Gasteiger partial charge in [0.2, 0.25) is 0 Å². The number of nitrogens with one attached hydrogen (secondary N) is 2. The van der Waals surface area contributed by atoms with Crippen molar-refractivity contribution in [1.29, 1.82) is 0 Å². The van der Waals surface area contributed by atoms with Gasteiger partial charge >= 0.3 is 0 Å². The van der Waals surface area contributed by atoms with Crippen LogP contribution in [0.2, 0.25) is 0 Å². The van der Waals surface area contributed by atoms with Crippen molar-refractivity contribution in [3.05, 3.63) is 29.8 Å². The zero-order valence-electron chi connectivity index (χ0n) is 20.3. The van der Waals surface area contributed by atoms with Crippen molar-refractivity contribution in [3.8, 4) is 5.75 Å². The van der Waals surface area contributed by atoms with E-state index in [1.807, 2.05) is 0 Å². The molecule has 0 aromatic heterocycles. The third-order valence-electron chi connectivity index (χ3n) is 6.82. The molecule has 3 rings (SSSR count). The lowest BCUT2D eigenvalue weighted by Crippen LogP contribution is -2.63. The quantitative estimate of drug-likeness (QED) is 0.561. The first-order valence-corrected chi connectivity index (χ1v) is 12.6. The molecule has 1 aromatic rings. The Labute approximate surface area is 195 Å². The second-order valence-corrected chi connectivity index (χ2v) is 11.3. The fraction of sp³-hybridized carbons (Fsp3) is 0.731. The van der Waals surface area contributed by atoms with Gasteiger partial charge in [0.15, 0.2) is 5.11 Å². The van der Waals surface area contributed by atoms with Gasteiger partial charge in [-0.3, -0.25) is 0 Å². The normalized spacial score (nSPS) is 22.2. The van der Waals surface area contributed by atoms with Crippen LogP contribution in [0, 0.1) is 0 Å². The monoisotopic (exact) mass is 445 g/mol. The average molecular weight is 446 g/mol. The van der Waals surface area contributed by atoms with Gasteiger partial charge in [0, 0.05) is 29.7 Å². The standard InChI is InChI=1S/C26H43N3OS/c1-25(2)17-22(18-26(3,4)28-25)29(19-20-13-15-23(30-5)16-14-20)24(31)27-21-11-9-7-6-8-10-12-21/h13-16,21-22,28H,6-12,17-19H2,1-5H3,(H,27,31). The molecule has 0 spiro atoms. The van der Waals surface area contributed by atoms with Crippen LogP contribution < -0.4 is 15.4 Å². The van der Waals surface area contributed by atoms with Crippen LogP contribution in [0.3, 0.4) is 0 Å². The van der Waals surface area contributed by atoms with Crippen molar-refractivity contribution < 1.29 is 4.74 Å². The van der Waals surface area contributed by atoms with E-state index >= 15 is 0 Å². The van der Waals surface area contributed by atoms with E-state index in [2.05, 4.69) is 67.5 Å². The molecule has 0 bridgehead atoms. The molecule has 1 saturated carbocycles. The Bertz CT molecular complexity index is 692. The topological polar surface area (TPSA) is 36.5 Å². The van der Waals surface area contributed by atoms with Crippen LogP contribution in [0.5, 0.6) is 5.75 Å². The van der Waals surface area contributed by atoms with Gasteiger partial charge < -0.3 is 20.3 Å². The van der Waals surface area contributed by atoms with Gasteiger partial charge in [0.25, 0.3) is 0 Å². The number of benzene rings is 1. The Kier molecular flexibility index (Phi) is 8.25. The molecule has 1 aliphatic heterocycles. The van der Waals surface area contributed by atoms with Gasteiger partial charge in [0.1, 0.15) is 5.75 Å². The van der Waals surface area contributed by atoms with Gasteiger partial charge in [-0.05, 0) is 83.3 Å². The summed E-state index contributed by atoms with van der Waals surface area (Å²) in [4.78, 5) is 2.47. The molecule has 0 radical (unpaired) electrons. The summed E-state index contributed by atoms with van der Waals surface area (Å²) in [6.07, 6.45) is 11.4. The fourth-order valence-electron chi connectivity index (χ4n) is 5.64. The SMILES string of the molecule is COc1ccc(CN(C(=S)NC2CCCCCCC2)C2CC(C)(C)NC(C)(C)C2)cc1. The Balaban J connectivity index is 1.79. The maximum atomic E-state index is 6.08. The van der Waals surface area contributed by atoms with Gasteiger partial charge in [-0.15, -0.1) is 0 Å². The van der Waals surface area contributed by atoms with Gasteiger partial charge in [-0.2, -0.15) is 0 Å². The van der Waals surface area contributed by atoms with E-state index in [4.69, 9.17) is 17.0 Å². The highest BCUT2D eigenvalue weighted by molar-refractivity contribution is 7.80. The summed E-state index contributed by atoms with van der Waals surface area (Å²) in [6.45, 7) is 10.1. The van der Waals surface area contributed by atoms with Crippen LogP contribution in [-0.2, 0) is 6.54 Å². The third kappa shape index (κ3) is 7.35. The van der Waals surface area contributed by atoms with Gasteiger partial charge in [0.05, 0.1) is 7.11 Å². The molecule has 1 saturated heterocycles. The summed E-state index contributed by atoms with van der Waals surface area (Å²) in [6, 6.07) is 9.35. The summed E-state index contributed by atoms with van der Waals surface area (Å²) in [5, 5.41) is 8.55. The van der Waals surface area contributed by atoms with Crippen molar-refractivity contribution in [2.45, 2.75) is 115 Å². The summed E-state index contributed by atoms with van der Waals surface area (Å²) in [5.41, 5.74) is 1.44. The summed E-state index contributed by atoms with van der Waals surface area (Å²) in [5.74, 6) is 0.898. The molecule has 4 nitrogen and oxygen atoms in total. The number of rotatable bonds is 5. The predicted octanol–water partition coefficient (Wildman–Crippen LogP) is 5.79. The highest BCUT2D eigenvalue weighted by Gasteiger charge is 2.40. The van der Waals surface area contributed by atoms with Crippen LogP contribution in [0.4, 0.5) is 0 Å². The number of nitrogens with zero attached hydrogens (tertiary/aromatic N) is 1. The highest BCUT2D eigenvalue weighted by Crippen LogP contribution is 2.33. The molecule has 1 heterocycles. The second kappa shape index (κ2) is 10.5. The number of hydrogen-bond acceptors (Lipinski definition) is 3. The zero-order chi connectivity index (χ0) is 22.5. The molecule has 1 aliphatic carbocycles. The van der Waals surface area contributed by atoms with E-state index in [0.717, 1.165) is 30.2 Å². The lowest BCUT2D eigenvalue weighted by atomic mass is 9.79. The zero-order valence-corrected chi connectivity index (χ0v) is 21.1. The fourth-order valence-corrected chi connectivity index (χ4v) is 6.02. The van der Waals surface area contributed by atoms with Crippen LogP contribution >= 0.6 is 12.2 Å². The maximum Gasteiger partial charge on any atom is 0.169 e. The van der Waals surface area contributed by atoms with Crippen LogP contribution in [0.15, 0.2) is 24.3 Å². The second-order valence-electron chi connectivity index (χ2n) is 10.9. The lowest BCUT2D eigenvalue weighted by Gasteiger charge is -2.50. The molecule has 31 heavy (non-hydrogen) atoms. The molecule has 5 heteroatoms. The summed E-state index contributed by atoms with van der Waals surface area (Å²) in [7, 11) is 1.72. The van der Waals surface area contributed by atoms with Gasteiger partial charge in [-0.25, -0.2) is 0 Å². The molecule has 1 aromatic carbocycles. The van der Waals surface area contributed by atoms with Crippen molar-refractivity contribution in [1.82, 2.24) is 15.5 Å². The van der Waals surface area contributed by atoms with E-state index in [-0.39, 0.29) is 11.1 Å². The Morgan fingerprint density at radius 1 is 1.00 bits per heavy atom. The highest BCUT2D eigenvalue weighted by atomic mass is 32.1. The number of piperidine rings is 1. The third-order valence-corrected chi connectivity index (χ3v) is 7.17. The Hall–Kier alpha value is -1.33. The first-order valence-electron chi connectivity index (χ1n) is 12.2. The maximum absolute atomic E-state index is 6.08. The molecule has 0 atom stereocenters. The molecule has 0 unspecified atom stereocenters. The van der Waals surface area contributed by atoms with Gasteiger partial charge in [-0.1, -0.05) is 44.2 Å². The molecule has 2 fully saturated rings. The number of methoxy groups -OCH3 is 1. The minimum absolute atomic E-state index is 0.0838. The summed E-state index contributed by atoms with van der Waals surface area (Å²) >= 11 is 6.08. The van der Waals surface area contributed by atoms with E-state index in [1.165, 1.54) is 50.5 Å². The van der Waals surface area contributed by atoms with Crippen LogP contribution in [-0.4, -0.2) is 40.3 Å². The minimum Gasteiger partial charge on any atom is -0.497 e. The van der Waals surface area contributed by atoms with Crippen molar-refractivity contribution in [2.24, 2.45) is 0 Å². The van der Waals surface area contributed by atoms with E-state index in [0.29, 0.717) is 12.1 Å². The first-order chi connectivity index (χ1) is 14.7. The number of ether oxygens (including phenoxy) is 1. The van der Waals surface area contributed by atoms with Crippen LogP contribution in [0.25, 0.3) is 0 Å². The predicted molar refractivity (Wildman–Crippen MR) is 135 cm³/mol. The average Bonchev–Trinajstić information content (AvgIpc) is 2.66. The molecule has 2 N–H and O–H groups in total. The van der Waals surface area contributed by atoms with Crippen molar-refractivity contribution >= 4 is 17.3 Å². The van der Waals surface area contributed by atoms with E-state index < -0.39 is 0 Å². The Morgan fingerprint density at radius 3 is 2.10 bits per heavy atom. The minimum atomic E-state index is 0.0838.